The number of fused-ring (bicyclic) bond motifs is 5. The molecule has 0 saturated carbocycles. The molecule has 0 fully saturated rings. The van der Waals surface area contributed by atoms with Gasteiger partial charge in [-0.3, -0.25) is 4.79 Å². The smallest absolute Gasteiger partial charge is 0.303 e. The normalized spacial score (nSPS) is 27.6. The molecule has 1 aromatic rings. The molecule has 4 nitrogen and oxygen atoms in total. The minimum atomic E-state index is -0.460. The van der Waals surface area contributed by atoms with Crippen LogP contribution in [0.3, 0.4) is 0 Å². The minimum Gasteiger partial charge on any atom is -0.486 e. The van der Waals surface area contributed by atoms with Crippen LogP contribution in [0.15, 0.2) is 41.7 Å². The van der Waals surface area contributed by atoms with Crippen LogP contribution in [0.4, 0.5) is 0 Å². The van der Waals surface area contributed by atoms with Crippen LogP contribution in [-0.4, -0.2) is 30.9 Å². The number of hydrogen-bond acceptors (Lipinski definition) is 4. The molecule has 0 N–H and O–H groups in total. The Bertz CT molecular complexity index is 731. The number of hydrogen-bond donors (Lipinski definition) is 0. The highest BCUT2D eigenvalue weighted by Gasteiger charge is 2.43. The van der Waals surface area contributed by atoms with Crippen LogP contribution in [0.25, 0.3) is 5.57 Å². The van der Waals surface area contributed by atoms with Crippen molar-refractivity contribution >= 4 is 11.5 Å². The third-order valence-electron chi connectivity index (χ3n) is 4.97. The van der Waals surface area contributed by atoms with Crippen LogP contribution in [0.5, 0.6) is 0 Å². The Balaban J connectivity index is 1.82. The molecule has 24 heavy (non-hydrogen) atoms. The van der Waals surface area contributed by atoms with Crippen molar-refractivity contribution in [2.45, 2.75) is 51.4 Å². The van der Waals surface area contributed by atoms with Crippen molar-refractivity contribution < 1.29 is 19.0 Å². The maximum absolute atomic E-state index is 11.7. The van der Waals surface area contributed by atoms with Crippen LogP contribution < -0.4 is 0 Å². The van der Waals surface area contributed by atoms with Crippen molar-refractivity contribution in [3.8, 4) is 0 Å². The second kappa shape index (κ2) is 6.10. The topological polar surface area (TPSA) is 44.8 Å². The lowest BCUT2D eigenvalue weighted by Crippen LogP contribution is -2.40. The van der Waals surface area contributed by atoms with Crippen LogP contribution in [0, 0.1) is 0 Å². The highest BCUT2D eigenvalue weighted by atomic mass is 16.6. The summed E-state index contributed by atoms with van der Waals surface area (Å²) in [5.74, 6) is 0.423. The number of carbonyl (C=O) groups excluding carboxylic acids is 1. The molecule has 0 aromatic heterocycles. The molecular formula is C20H22O4. The lowest BCUT2D eigenvalue weighted by molar-refractivity contribution is -0.145. The molecule has 0 unspecified atom stereocenters. The third-order valence-corrected chi connectivity index (χ3v) is 4.97. The van der Waals surface area contributed by atoms with Gasteiger partial charge in [0.05, 0.1) is 6.10 Å². The van der Waals surface area contributed by atoms with Gasteiger partial charge in [0.25, 0.3) is 0 Å². The molecule has 4 rings (SSSR count). The zero-order valence-electron chi connectivity index (χ0n) is 14.1. The van der Waals surface area contributed by atoms with Crippen molar-refractivity contribution in [2.75, 3.05) is 6.61 Å². The first kappa shape index (κ1) is 15.5. The van der Waals surface area contributed by atoms with Crippen molar-refractivity contribution in [1.82, 2.24) is 0 Å². The molecule has 0 spiro atoms. The monoisotopic (exact) mass is 326 g/mol. The zero-order valence-corrected chi connectivity index (χ0v) is 14.1. The molecule has 126 valence electrons. The predicted octanol–water partition coefficient (Wildman–Crippen LogP) is 3.41. The molecule has 3 aliphatic rings. The van der Waals surface area contributed by atoms with Gasteiger partial charge in [0, 0.05) is 25.5 Å². The molecule has 0 saturated heterocycles. The summed E-state index contributed by atoms with van der Waals surface area (Å²) in [6.45, 7) is 4.10. The Hall–Kier alpha value is -2.07. The molecule has 0 radical (unpaired) electrons. The van der Waals surface area contributed by atoms with Crippen LogP contribution in [0.1, 0.15) is 37.8 Å². The molecule has 2 bridgehead atoms. The number of benzene rings is 1. The van der Waals surface area contributed by atoms with E-state index >= 15 is 0 Å². The van der Waals surface area contributed by atoms with Crippen molar-refractivity contribution in [2.24, 2.45) is 0 Å². The number of aryl methyl sites for hydroxylation is 1. The standard InChI is InChI=1S/C20H22O4/c1-3-22-14-10-17-16-9-8-13-6-4-5-7-15(13)19(16)20(23-12(2)21)18(11-14)24-17/h4-7,11,14,17,20H,3,8-10H2,1-2H3/t14-,17-,20+/m1/s1. The van der Waals surface area contributed by atoms with E-state index in [4.69, 9.17) is 14.2 Å². The number of esters is 1. The average molecular weight is 326 g/mol. The van der Waals surface area contributed by atoms with Crippen molar-refractivity contribution in [3.63, 3.8) is 0 Å². The first-order valence-electron chi connectivity index (χ1n) is 8.65. The lowest BCUT2D eigenvalue weighted by Gasteiger charge is -2.42. The van der Waals surface area contributed by atoms with Gasteiger partial charge in [-0.25, -0.2) is 0 Å². The molecule has 3 atom stereocenters. The summed E-state index contributed by atoms with van der Waals surface area (Å²) >= 11 is 0. The first-order chi connectivity index (χ1) is 11.7. The van der Waals surface area contributed by atoms with E-state index in [0.717, 1.165) is 30.6 Å². The highest BCUT2D eigenvalue weighted by molar-refractivity contribution is 5.81. The van der Waals surface area contributed by atoms with Gasteiger partial charge in [-0.05, 0) is 42.5 Å². The fourth-order valence-corrected chi connectivity index (χ4v) is 4.05. The molecule has 1 aliphatic carbocycles. The zero-order chi connectivity index (χ0) is 16.7. The van der Waals surface area contributed by atoms with E-state index in [-0.39, 0.29) is 18.2 Å². The van der Waals surface area contributed by atoms with E-state index in [2.05, 4.69) is 18.2 Å². The molecule has 1 aromatic carbocycles. The van der Waals surface area contributed by atoms with Crippen molar-refractivity contribution in [3.05, 3.63) is 52.8 Å². The van der Waals surface area contributed by atoms with Crippen molar-refractivity contribution in [1.29, 1.82) is 0 Å². The molecule has 0 amide bonds. The van der Waals surface area contributed by atoms with Crippen LogP contribution in [-0.2, 0) is 25.4 Å². The Morgan fingerprint density at radius 1 is 1.29 bits per heavy atom. The summed E-state index contributed by atoms with van der Waals surface area (Å²) in [6, 6.07) is 8.40. The van der Waals surface area contributed by atoms with Gasteiger partial charge < -0.3 is 14.2 Å². The summed E-state index contributed by atoms with van der Waals surface area (Å²) in [5.41, 5.74) is 4.90. The van der Waals surface area contributed by atoms with Gasteiger partial charge in [0.15, 0.2) is 6.10 Å². The summed E-state index contributed by atoms with van der Waals surface area (Å²) in [7, 11) is 0. The Kier molecular flexibility index (Phi) is 3.93. The van der Waals surface area contributed by atoms with Gasteiger partial charge in [-0.2, -0.15) is 0 Å². The quantitative estimate of drug-likeness (QED) is 0.799. The van der Waals surface area contributed by atoms with E-state index in [1.807, 2.05) is 19.1 Å². The maximum Gasteiger partial charge on any atom is 0.303 e. The second-order valence-electron chi connectivity index (χ2n) is 6.49. The van der Waals surface area contributed by atoms with E-state index in [9.17, 15) is 4.79 Å². The van der Waals surface area contributed by atoms with E-state index in [0.29, 0.717) is 6.61 Å². The van der Waals surface area contributed by atoms with E-state index < -0.39 is 6.10 Å². The minimum absolute atomic E-state index is 0.0213. The maximum atomic E-state index is 11.7. The average Bonchev–Trinajstić information content (AvgIpc) is 2.58. The fourth-order valence-electron chi connectivity index (χ4n) is 4.05. The largest absolute Gasteiger partial charge is 0.486 e. The van der Waals surface area contributed by atoms with Gasteiger partial charge >= 0.3 is 5.97 Å². The number of ether oxygens (including phenoxy) is 3. The third kappa shape index (κ3) is 2.55. The number of carbonyl (C=O) groups is 1. The Morgan fingerprint density at radius 3 is 2.92 bits per heavy atom. The summed E-state index contributed by atoms with van der Waals surface area (Å²) < 4.78 is 17.6. The molecular weight excluding hydrogens is 304 g/mol. The lowest BCUT2D eigenvalue weighted by atomic mass is 9.76. The van der Waals surface area contributed by atoms with E-state index in [1.165, 1.54) is 23.6 Å². The summed E-state index contributed by atoms with van der Waals surface area (Å²) in [5, 5.41) is 0. The Morgan fingerprint density at radius 2 is 2.12 bits per heavy atom. The summed E-state index contributed by atoms with van der Waals surface area (Å²) in [4.78, 5) is 11.7. The predicted molar refractivity (Wildman–Crippen MR) is 90.2 cm³/mol. The van der Waals surface area contributed by atoms with Gasteiger partial charge in [-0.1, -0.05) is 24.3 Å². The highest BCUT2D eigenvalue weighted by Crippen LogP contribution is 2.46. The molecule has 2 heterocycles. The molecule has 2 aliphatic heterocycles. The van der Waals surface area contributed by atoms with E-state index in [1.54, 1.807) is 0 Å². The van der Waals surface area contributed by atoms with Crippen LogP contribution in [0.2, 0.25) is 0 Å². The van der Waals surface area contributed by atoms with Gasteiger partial charge in [-0.15, -0.1) is 0 Å². The second-order valence-corrected chi connectivity index (χ2v) is 6.49. The first-order valence-corrected chi connectivity index (χ1v) is 8.65. The fraction of sp³-hybridized carbons (Fsp3) is 0.450. The molecule has 4 heteroatoms. The van der Waals surface area contributed by atoms with Gasteiger partial charge in [0.1, 0.15) is 11.9 Å². The number of rotatable bonds is 3. The summed E-state index contributed by atoms with van der Waals surface area (Å²) in [6.07, 6.45) is 4.34. The van der Waals surface area contributed by atoms with Crippen LogP contribution >= 0.6 is 0 Å². The Labute approximate surface area is 142 Å². The SMILES string of the molecule is CCO[C@H]1C=C2O[C@H](C1)C1=C(c3ccccc3CC1)[C@H]2OC(C)=O. The van der Waals surface area contributed by atoms with Gasteiger partial charge in [0.2, 0.25) is 0 Å².